The first kappa shape index (κ1) is 31.7. The molecule has 0 saturated heterocycles. The Morgan fingerprint density at radius 2 is 0.911 bits per heavy atom. The zero-order chi connectivity index (χ0) is 37.0. The van der Waals surface area contributed by atoms with Gasteiger partial charge in [0.2, 0.25) is 0 Å². The van der Waals surface area contributed by atoms with Crippen molar-refractivity contribution < 1.29 is 8.83 Å². The van der Waals surface area contributed by atoms with Crippen LogP contribution in [0.5, 0.6) is 0 Å². The lowest BCUT2D eigenvalue weighted by molar-refractivity contribution is 0.667. The molecule has 11 aromatic rings. The second kappa shape index (κ2) is 13.0. The second-order valence-electron chi connectivity index (χ2n) is 13.6. The molecule has 4 aromatic heterocycles. The molecule has 0 aliphatic heterocycles. The van der Waals surface area contributed by atoms with E-state index in [0.717, 1.165) is 77.5 Å². The molecule has 0 aliphatic rings. The minimum Gasteiger partial charge on any atom is -0.456 e. The second-order valence-corrected chi connectivity index (χ2v) is 13.6. The van der Waals surface area contributed by atoms with Crippen LogP contribution in [0, 0.1) is 0 Å². The molecule has 56 heavy (non-hydrogen) atoms. The Bertz CT molecular complexity index is 3190. The Morgan fingerprint density at radius 3 is 1.66 bits per heavy atom. The highest BCUT2D eigenvalue weighted by Gasteiger charge is 2.21. The van der Waals surface area contributed by atoms with E-state index < -0.39 is 0 Å². The van der Waals surface area contributed by atoms with E-state index >= 15 is 0 Å². The van der Waals surface area contributed by atoms with E-state index in [0.29, 0.717) is 34.5 Å². The van der Waals surface area contributed by atoms with Crippen molar-refractivity contribution in [1.29, 1.82) is 0 Å². The number of benzene rings is 7. The standard InChI is InChI=1S/C49H29N5O2/c1-4-14-30(15-5-1)33-20-12-21-34(28-33)43-45-44(37-22-10-11-24-39(37)56-45)51-48(50-43)35-26-27-36-41(29-35)55-40-25-13-23-38(42(36)40)49-53-46(31-16-6-2-7-17-31)52-47(54-49)32-18-8-3-9-19-32/h1-29H. The smallest absolute Gasteiger partial charge is 0.180 e. The summed E-state index contributed by atoms with van der Waals surface area (Å²) in [6, 6.07) is 58.9. The van der Waals surface area contributed by atoms with Crippen molar-refractivity contribution in [2.24, 2.45) is 0 Å². The zero-order valence-corrected chi connectivity index (χ0v) is 29.8. The van der Waals surface area contributed by atoms with Crippen LogP contribution in [0.4, 0.5) is 0 Å². The minimum absolute atomic E-state index is 0.568. The Balaban J connectivity index is 1.08. The first-order chi connectivity index (χ1) is 27.7. The van der Waals surface area contributed by atoms with E-state index in [2.05, 4.69) is 48.5 Å². The van der Waals surface area contributed by atoms with Crippen LogP contribution in [0.1, 0.15) is 0 Å². The highest BCUT2D eigenvalue weighted by molar-refractivity contribution is 6.13. The van der Waals surface area contributed by atoms with Crippen LogP contribution in [0.3, 0.4) is 0 Å². The lowest BCUT2D eigenvalue weighted by Crippen LogP contribution is -2.00. The fraction of sp³-hybridized carbons (Fsp3) is 0. The van der Waals surface area contributed by atoms with Crippen LogP contribution >= 0.6 is 0 Å². The maximum absolute atomic E-state index is 6.58. The lowest BCUT2D eigenvalue weighted by atomic mass is 10.0. The maximum Gasteiger partial charge on any atom is 0.180 e. The Morgan fingerprint density at radius 1 is 0.321 bits per heavy atom. The number of hydrogen-bond acceptors (Lipinski definition) is 7. The molecule has 0 bridgehead atoms. The van der Waals surface area contributed by atoms with Gasteiger partial charge in [-0.05, 0) is 47.5 Å². The van der Waals surface area contributed by atoms with E-state index in [4.69, 9.17) is 33.8 Å². The Hall–Kier alpha value is -7.77. The van der Waals surface area contributed by atoms with Gasteiger partial charge in [0.05, 0.1) is 0 Å². The predicted octanol–water partition coefficient (Wildman–Crippen LogP) is 12.5. The van der Waals surface area contributed by atoms with E-state index in [1.807, 2.05) is 127 Å². The number of para-hydroxylation sites is 1. The molecular formula is C49H29N5O2. The Kier molecular flexibility index (Phi) is 7.35. The molecule has 0 radical (unpaired) electrons. The number of nitrogens with zero attached hydrogens (tertiary/aromatic N) is 5. The quantitative estimate of drug-likeness (QED) is 0.169. The molecule has 0 atom stereocenters. The van der Waals surface area contributed by atoms with Gasteiger partial charge in [0, 0.05) is 44.0 Å². The van der Waals surface area contributed by atoms with Crippen molar-refractivity contribution in [3.63, 3.8) is 0 Å². The summed E-state index contributed by atoms with van der Waals surface area (Å²) >= 11 is 0. The zero-order valence-electron chi connectivity index (χ0n) is 29.8. The number of fused-ring (bicyclic) bond motifs is 6. The monoisotopic (exact) mass is 719 g/mol. The molecular weight excluding hydrogens is 691 g/mol. The van der Waals surface area contributed by atoms with Gasteiger partial charge in [0.25, 0.3) is 0 Å². The van der Waals surface area contributed by atoms with Gasteiger partial charge >= 0.3 is 0 Å². The summed E-state index contributed by atoms with van der Waals surface area (Å²) in [5, 5.41) is 2.80. The lowest BCUT2D eigenvalue weighted by Gasteiger charge is -2.09. The fourth-order valence-corrected chi connectivity index (χ4v) is 7.47. The van der Waals surface area contributed by atoms with Gasteiger partial charge in [-0.1, -0.05) is 140 Å². The van der Waals surface area contributed by atoms with Crippen LogP contribution < -0.4 is 0 Å². The highest BCUT2D eigenvalue weighted by Crippen LogP contribution is 2.40. The molecule has 0 aliphatic carbocycles. The van der Waals surface area contributed by atoms with Crippen molar-refractivity contribution in [1.82, 2.24) is 24.9 Å². The van der Waals surface area contributed by atoms with E-state index in [1.54, 1.807) is 0 Å². The third-order valence-corrected chi connectivity index (χ3v) is 10.2. The molecule has 0 spiro atoms. The van der Waals surface area contributed by atoms with Gasteiger partial charge in [-0.25, -0.2) is 24.9 Å². The predicted molar refractivity (Wildman–Crippen MR) is 223 cm³/mol. The summed E-state index contributed by atoms with van der Waals surface area (Å²) in [5.74, 6) is 2.35. The molecule has 0 fully saturated rings. The van der Waals surface area contributed by atoms with E-state index in [-0.39, 0.29) is 0 Å². The van der Waals surface area contributed by atoms with Crippen molar-refractivity contribution >= 4 is 44.0 Å². The molecule has 11 rings (SSSR count). The summed E-state index contributed by atoms with van der Waals surface area (Å²) in [7, 11) is 0. The number of rotatable bonds is 6. The van der Waals surface area contributed by atoms with Crippen molar-refractivity contribution in [2.75, 3.05) is 0 Å². The van der Waals surface area contributed by atoms with Gasteiger partial charge in [-0.3, -0.25) is 0 Å². The average molecular weight is 720 g/mol. The molecule has 7 aromatic carbocycles. The van der Waals surface area contributed by atoms with E-state index in [1.165, 1.54) is 0 Å². The summed E-state index contributed by atoms with van der Waals surface area (Å²) < 4.78 is 13.0. The van der Waals surface area contributed by atoms with E-state index in [9.17, 15) is 0 Å². The number of aromatic nitrogens is 5. The van der Waals surface area contributed by atoms with Gasteiger partial charge < -0.3 is 8.83 Å². The van der Waals surface area contributed by atoms with Gasteiger partial charge in [0.15, 0.2) is 28.9 Å². The Labute approximate surface area is 320 Å². The van der Waals surface area contributed by atoms with Crippen LogP contribution in [0.25, 0.3) is 112 Å². The van der Waals surface area contributed by atoms with Gasteiger partial charge in [-0.15, -0.1) is 0 Å². The number of furan rings is 2. The third-order valence-electron chi connectivity index (χ3n) is 10.2. The SMILES string of the molecule is c1ccc(-c2cccc(-c3nc(-c4ccc5c(c4)oc4cccc(-c6nc(-c7ccccc7)nc(-c7ccccc7)n6)c45)nc4c3oc3ccccc34)c2)cc1. The topological polar surface area (TPSA) is 90.7 Å². The molecule has 7 nitrogen and oxygen atoms in total. The van der Waals surface area contributed by atoms with Crippen LogP contribution in [-0.4, -0.2) is 24.9 Å². The molecule has 0 N–H and O–H groups in total. The van der Waals surface area contributed by atoms with Crippen LogP contribution in [0.2, 0.25) is 0 Å². The number of hydrogen-bond donors (Lipinski definition) is 0. The van der Waals surface area contributed by atoms with Gasteiger partial charge in [0.1, 0.15) is 28.0 Å². The highest BCUT2D eigenvalue weighted by atomic mass is 16.3. The molecule has 0 unspecified atom stereocenters. The van der Waals surface area contributed by atoms with Crippen molar-refractivity contribution in [3.8, 4) is 67.9 Å². The molecule has 0 amide bonds. The van der Waals surface area contributed by atoms with Gasteiger partial charge in [-0.2, -0.15) is 0 Å². The largest absolute Gasteiger partial charge is 0.456 e. The average Bonchev–Trinajstić information content (AvgIpc) is 3.85. The molecule has 7 heteroatoms. The van der Waals surface area contributed by atoms with Crippen molar-refractivity contribution in [2.45, 2.75) is 0 Å². The summed E-state index contributed by atoms with van der Waals surface area (Å²) in [5.41, 5.74) is 11.0. The maximum atomic E-state index is 6.58. The van der Waals surface area contributed by atoms with Crippen LogP contribution in [0.15, 0.2) is 185 Å². The minimum atomic E-state index is 0.568. The first-order valence-corrected chi connectivity index (χ1v) is 18.4. The first-order valence-electron chi connectivity index (χ1n) is 18.4. The summed E-state index contributed by atoms with van der Waals surface area (Å²) in [6.45, 7) is 0. The normalized spacial score (nSPS) is 11.6. The molecule has 0 saturated carbocycles. The molecule has 262 valence electrons. The molecule has 4 heterocycles. The summed E-state index contributed by atoms with van der Waals surface area (Å²) in [6.07, 6.45) is 0. The van der Waals surface area contributed by atoms with Crippen LogP contribution in [-0.2, 0) is 0 Å². The third kappa shape index (κ3) is 5.41. The summed E-state index contributed by atoms with van der Waals surface area (Å²) in [4.78, 5) is 25.3. The fourth-order valence-electron chi connectivity index (χ4n) is 7.47. The van der Waals surface area contributed by atoms with Crippen molar-refractivity contribution in [3.05, 3.63) is 176 Å².